The fraction of sp³-hybridized carbons (Fsp3) is 0.341. The van der Waals surface area contributed by atoms with Crippen LogP contribution in [0.2, 0.25) is 0 Å². The van der Waals surface area contributed by atoms with Crippen LogP contribution in [0.3, 0.4) is 0 Å². The number of methoxy groups -OCH3 is 1. The van der Waals surface area contributed by atoms with Gasteiger partial charge in [0.2, 0.25) is 5.91 Å². The van der Waals surface area contributed by atoms with Crippen LogP contribution in [0.25, 0.3) is 11.1 Å². The molecule has 4 aromatic carbocycles. The van der Waals surface area contributed by atoms with Crippen molar-refractivity contribution in [2.75, 3.05) is 44.6 Å². The Morgan fingerprint density at radius 3 is 2.45 bits per heavy atom. The highest BCUT2D eigenvalue weighted by Gasteiger charge is 2.33. The molecule has 12 heteroatoms. The monoisotopic (exact) mass is 767 g/mol. The number of ether oxygens (including phenoxy) is 1. The highest BCUT2D eigenvalue weighted by atomic mass is 32.2. The molecule has 0 radical (unpaired) electrons. The first-order valence-electron chi connectivity index (χ1n) is 24.0. The van der Waals surface area contributed by atoms with Crippen molar-refractivity contribution in [2.45, 2.75) is 50.3 Å². The van der Waals surface area contributed by atoms with Crippen LogP contribution in [0, 0.1) is 18.6 Å². The minimum atomic E-state index is -4.64. The number of fused-ring (bicyclic) bond motifs is 1. The number of hydrogen-bond donors (Lipinski definition) is 1. The number of likely N-dealkylation sites (tertiary alicyclic amines) is 1. The van der Waals surface area contributed by atoms with E-state index < -0.39 is 147 Å². The molecule has 6 nitrogen and oxygen atoms in total. The van der Waals surface area contributed by atoms with Gasteiger partial charge in [0, 0.05) is 72.7 Å². The van der Waals surface area contributed by atoms with Gasteiger partial charge in [-0.15, -0.1) is 11.8 Å². The molecule has 2 aliphatic heterocycles. The maximum Gasteiger partial charge on any atom is 0.416 e. The van der Waals surface area contributed by atoms with Gasteiger partial charge in [0.1, 0.15) is 12.6 Å². The molecule has 1 fully saturated rings. The quantitative estimate of drug-likeness (QED) is 0.146. The number of halogens is 5. The van der Waals surface area contributed by atoms with E-state index in [-0.39, 0.29) is 32.1 Å². The van der Waals surface area contributed by atoms with Crippen LogP contribution in [0.4, 0.5) is 27.6 Å². The number of anilines is 1. The molecule has 0 aromatic heterocycles. The fourth-order valence-corrected chi connectivity index (χ4v) is 6.42. The summed E-state index contributed by atoms with van der Waals surface area (Å²) in [5.74, 6) is -4.61. The highest BCUT2D eigenvalue weighted by Crippen LogP contribution is 2.41. The van der Waals surface area contributed by atoms with E-state index in [2.05, 4.69) is 4.74 Å². The molecule has 0 bridgehead atoms. The number of alkyl halides is 3. The lowest BCUT2D eigenvalue weighted by molar-refractivity contribution is -0.137. The second-order valence-corrected chi connectivity index (χ2v) is 12.7. The Labute approximate surface area is 333 Å². The third kappa shape index (κ3) is 9.29. The number of carbonyl (C=O) groups is 1. The van der Waals surface area contributed by atoms with E-state index in [0.717, 1.165) is 23.1 Å². The van der Waals surface area contributed by atoms with Crippen LogP contribution in [-0.2, 0) is 28.0 Å². The van der Waals surface area contributed by atoms with Crippen LogP contribution in [0.15, 0.2) is 95.9 Å². The predicted molar refractivity (Wildman–Crippen MR) is 198 cm³/mol. The van der Waals surface area contributed by atoms with Crippen molar-refractivity contribution in [2.24, 2.45) is 0 Å². The zero-order valence-electron chi connectivity index (χ0n) is 43.9. The SMILES string of the molecule is [2H]C1=C(SCc2cccc(F)c2F)N(CC(=O)N(Cc2ccc(-c3ccc(C(F)(F)F)cc3)cc2)C2([2H])C([2H])([2H])C([2H])([2H])N(CCOC([2H])([2H])[2H])C([2H])([2H])C2([2H])[2H])c2c([2H])c([2H])c(C)c([2H])c2C1O. The third-order valence-electron chi connectivity index (χ3n) is 8.13. The van der Waals surface area contributed by atoms with Gasteiger partial charge in [0.25, 0.3) is 0 Å². The van der Waals surface area contributed by atoms with E-state index in [1.807, 2.05) is 0 Å². The van der Waals surface area contributed by atoms with Crippen LogP contribution >= 0.6 is 11.8 Å². The van der Waals surface area contributed by atoms with Gasteiger partial charge >= 0.3 is 6.18 Å². The third-order valence-corrected chi connectivity index (χ3v) is 9.20. The lowest BCUT2D eigenvalue weighted by atomic mass is 9.99. The zero-order valence-corrected chi connectivity index (χ0v) is 28.7. The van der Waals surface area contributed by atoms with E-state index >= 15 is 4.79 Å². The second kappa shape index (κ2) is 16.8. The van der Waals surface area contributed by atoms with Crippen LogP contribution in [-0.4, -0.2) is 66.6 Å². The molecule has 0 spiro atoms. The minimum absolute atomic E-state index is 0.00202. The van der Waals surface area contributed by atoms with E-state index in [4.69, 9.17) is 15.1 Å². The van der Waals surface area contributed by atoms with Gasteiger partial charge in [-0.1, -0.05) is 66.2 Å². The van der Waals surface area contributed by atoms with Gasteiger partial charge in [0.05, 0.1) is 28.2 Å². The molecule has 2 heterocycles. The number of thioether (sulfide) groups is 1. The Morgan fingerprint density at radius 2 is 1.77 bits per heavy atom. The van der Waals surface area contributed by atoms with Crippen LogP contribution < -0.4 is 4.90 Å². The number of benzene rings is 4. The summed E-state index contributed by atoms with van der Waals surface area (Å²) < 4.78 is 214. The summed E-state index contributed by atoms with van der Waals surface area (Å²) in [7, 11) is -3.10. The first kappa shape index (κ1) is 22.9. The molecule has 280 valence electrons. The molecule has 0 aliphatic carbocycles. The van der Waals surface area contributed by atoms with Crippen molar-refractivity contribution in [1.82, 2.24) is 9.80 Å². The maximum absolute atomic E-state index is 15.3. The number of piperidine rings is 1. The van der Waals surface area contributed by atoms with Gasteiger partial charge in [-0.2, -0.15) is 13.2 Å². The minimum Gasteiger partial charge on any atom is -0.384 e. The average molecular weight is 768 g/mol. The van der Waals surface area contributed by atoms with Crippen molar-refractivity contribution in [3.63, 3.8) is 0 Å². The molecule has 0 saturated carbocycles. The van der Waals surface area contributed by atoms with Gasteiger partial charge in [-0.3, -0.25) is 4.79 Å². The lowest BCUT2D eigenvalue weighted by Gasteiger charge is -2.40. The Bertz CT molecular complexity index is 2630. The van der Waals surface area contributed by atoms with Gasteiger partial charge < -0.3 is 24.5 Å². The highest BCUT2D eigenvalue weighted by molar-refractivity contribution is 8.02. The maximum atomic E-state index is 15.3. The van der Waals surface area contributed by atoms with Crippen LogP contribution in [0.5, 0.6) is 0 Å². The number of nitrogens with zero attached hydrogens (tertiary/aromatic N) is 3. The Hall–Kier alpha value is -4.23. The van der Waals surface area contributed by atoms with Gasteiger partial charge in [0.15, 0.2) is 11.6 Å². The predicted octanol–water partition coefficient (Wildman–Crippen LogP) is 8.73. The largest absolute Gasteiger partial charge is 0.416 e. The van der Waals surface area contributed by atoms with E-state index in [0.29, 0.717) is 17.3 Å². The molecule has 6 rings (SSSR count). The fourth-order valence-electron chi connectivity index (χ4n) is 5.40. The molecule has 1 N–H and O–H groups in total. The molecule has 4 aromatic rings. The standard InChI is InChI=1S/C41H42F5N3O3S/c1-27-6-15-36-34(22-27)37(50)23-39(53-26-31-4-3-5-35(42)40(31)43)49(36)25-38(51)48(33-16-18-47(19-17-33)20-21-52-2)24-28-7-9-29(10-8-28)30-11-13-32(14-12-30)41(44,45)46/h3-15,22-23,33,37,50H,16-21,24-26H2,1-2H3/i2D3,6D,15D,16D2,17D2,18D2,19D2,22D,23D,33D. The van der Waals surface area contributed by atoms with Gasteiger partial charge in [-0.25, -0.2) is 8.78 Å². The number of hydrogen-bond acceptors (Lipinski definition) is 6. The van der Waals surface area contributed by atoms with E-state index in [1.54, 1.807) is 0 Å². The second-order valence-electron chi connectivity index (χ2n) is 11.8. The molecular weight excluding hydrogens is 710 g/mol. The summed E-state index contributed by atoms with van der Waals surface area (Å²) in [6.45, 7) is -10.7. The molecule has 2 aliphatic rings. The summed E-state index contributed by atoms with van der Waals surface area (Å²) in [5, 5.41) is 11.0. The van der Waals surface area contributed by atoms with Crippen molar-refractivity contribution < 1.29 is 58.5 Å². The van der Waals surface area contributed by atoms with Gasteiger partial charge in [-0.05, 0) is 66.7 Å². The number of amides is 1. The van der Waals surface area contributed by atoms with E-state index in [1.165, 1.54) is 55.5 Å². The number of aliphatic hydroxyl groups is 1. The Morgan fingerprint density at radius 1 is 1.08 bits per heavy atom. The number of rotatable bonds is 12. The summed E-state index contributed by atoms with van der Waals surface area (Å²) in [5.41, 5.74) is -1.85. The first-order chi connectivity index (χ1) is 31.6. The first-order valence-corrected chi connectivity index (χ1v) is 16.9. The molecule has 1 saturated heterocycles. The van der Waals surface area contributed by atoms with Crippen molar-refractivity contribution in [3.8, 4) is 11.1 Å². The molecule has 1 unspecified atom stereocenters. The summed E-state index contributed by atoms with van der Waals surface area (Å²) in [4.78, 5) is 16.3. The summed E-state index contributed by atoms with van der Waals surface area (Å²) in [6.07, 6.45) is -14.7. The van der Waals surface area contributed by atoms with Crippen LogP contribution in [0.1, 0.15) is 68.6 Å². The zero-order chi connectivity index (χ0) is 51.8. The Balaban J connectivity index is 1.53. The van der Waals surface area contributed by atoms with Crippen molar-refractivity contribution in [1.29, 1.82) is 0 Å². The normalized spacial score (nSPS) is 25.9. The molecular formula is C41H42F5N3O3S. The van der Waals surface area contributed by atoms with Crippen molar-refractivity contribution >= 4 is 23.4 Å². The number of carbonyl (C=O) groups excluding carboxylic acids is 1. The van der Waals surface area contributed by atoms with E-state index in [9.17, 15) is 33.9 Å². The Kier molecular flexibility index (Phi) is 7.26. The molecule has 53 heavy (non-hydrogen) atoms. The molecule has 1 amide bonds. The number of aliphatic hydroxyl groups excluding tert-OH is 1. The average Bonchev–Trinajstić information content (AvgIpc) is 3.26. The topological polar surface area (TPSA) is 56.3 Å². The summed E-state index contributed by atoms with van der Waals surface area (Å²) >= 11 is 0.523. The van der Waals surface area contributed by atoms with Crippen molar-refractivity contribution in [3.05, 3.63) is 135 Å². The summed E-state index contributed by atoms with van der Waals surface area (Å²) in [6, 6.07) is 5.77. The molecule has 1 atom stereocenters. The smallest absolute Gasteiger partial charge is 0.384 e. The lowest BCUT2D eigenvalue weighted by Crippen LogP contribution is -2.50.